The van der Waals surface area contributed by atoms with Gasteiger partial charge in [0.2, 0.25) is 0 Å². The van der Waals surface area contributed by atoms with E-state index in [0.717, 1.165) is 10.0 Å². The highest BCUT2D eigenvalue weighted by atomic mass is 79.9. The van der Waals surface area contributed by atoms with E-state index in [0.29, 0.717) is 28.1 Å². The zero-order valence-corrected chi connectivity index (χ0v) is 18.0. The number of hydrogen-bond donors (Lipinski definition) is 1. The number of amides is 1. The van der Waals surface area contributed by atoms with Crippen molar-refractivity contribution in [3.63, 3.8) is 0 Å². The fourth-order valence-electron chi connectivity index (χ4n) is 2.44. The van der Waals surface area contributed by atoms with Crippen molar-refractivity contribution < 1.29 is 19.0 Å². The Morgan fingerprint density at radius 2 is 1.82 bits per heavy atom. The van der Waals surface area contributed by atoms with Crippen LogP contribution >= 0.6 is 27.3 Å². The van der Waals surface area contributed by atoms with Crippen molar-refractivity contribution in [2.75, 3.05) is 19.5 Å². The van der Waals surface area contributed by atoms with Crippen LogP contribution in [0.5, 0.6) is 17.2 Å². The molecule has 0 aliphatic heterocycles. The molecule has 146 valence electrons. The topological polar surface area (TPSA) is 69.7 Å². The van der Waals surface area contributed by atoms with Crippen molar-refractivity contribution in [2.24, 2.45) is 0 Å². The standard InChI is InChI=1S/C20H19BrN2O4S/c1-12(27-14-6-4-13(21)5-7-14)19(24)23-20-22-17(11-28-20)16-9-8-15(25-2)10-18(16)26-3/h4-12H,1-3H3,(H,22,23,24). The summed E-state index contributed by atoms with van der Waals surface area (Å²) < 4.78 is 17.2. The summed E-state index contributed by atoms with van der Waals surface area (Å²) in [6, 6.07) is 12.8. The summed E-state index contributed by atoms with van der Waals surface area (Å²) in [4.78, 5) is 16.9. The van der Waals surface area contributed by atoms with E-state index >= 15 is 0 Å². The van der Waals surface area contributed by atoms with E-state index in [1.165, 1.54) is 11.3 Å². The summed E-state index contributed by atoms with van der Waals surface area (Å²) in [6.45, 7) is 1.69. The van der Waals surface area contributed by atoms with E-state index in [-0.39, 0.29) is 5.91 Å². The van der Waals surface area contributed by atoms with Gasteiger partial charge in [-0.1, -0.05) is 15.9 Å². The quantitative estimate of drug-likeness (QED) is 0.535. The second kappa shape index (κ2) is 9.07. The van der Waals surface area contributed by atoms with E-state index in [1.54, 1.807) is 39.3 Å². The van der Waals surface area contributed by atoms with Crippen molar-refractivity contribution in [3.05, 3.63) is 52.3 Å². The van der Waals surface area contributed by atoms with Gasteiger partial charge in [-0.2, -0.15) is 0 Å². The van der Waals surface area contributed by atoms with E-state index in [4.69, 9.17) is 14.2 Å². The van der Waals surface area contributed by atoms with E-state index in [2.05, 4.69) is 26.2 Å². The van der Waals surface area contributed by atoms with E-state index in [9.17, 15) is 4.79 Å². The summed E-state index contributed by atoms with van der Waals surface area (Å²) in [7, 11) is 3.19. The number of rotatable bonds is 7. The average Bonchev–Trinajstić information content (AvgIpc) is 3.17. The van der Waals surface area contributed by atoms with Gasteiger partial charge in [0, 0.05) is 21.5 Å². The van der Waals surface area contributed by atoms with Gasteiger partial charge < -0.3 is 14.2 Å². The number of nitrogens with one attached hydrogen (secondary N) is 1. The maximum absolute atomic E-state index is 12.4. The number of aromatic nitrogens is 1. The lowest BCUT2D eigenvalue weighted by Gasteiger charge is -2.13. The molecule has 1 amide bonds. The van der Waals surface area contributed by atoms with E-state index < -0.39 is 6.10 Å². The first kappa shape index (κ1) is 20.2. The number of hydrogen-bond acceptors (Lipinski definition) is 6. The van der Waals surface area contributed by atoms with Crippen molar-refractivity contribution >= 4 is 38.3 Å². The normalized spacial score (nSPS) is 11.6. The molecule has 0 aliphatic carbocycles. The molecule has 1 unspecified atom stereocenters. The Kier molecular flexibility index (Phi) is 6.53. The maximum atomic E-state index is 12.4. The highest BCUT2D eigenvalue weighted by Crippen LogP contribution is 2.34. The van der Waals surface area contributed by atoms with Gasteiger partial charge in [0.1, 0.15) is 17.2 Å². The molecule has 1 N–H and O–H groups in total. The lowest BCUT2D eigenvalue weighted by atomic mass is 10.1. The van der Waals surface area contributed by atoms with Crippen molar-refractivity contribution in [2.45, 2.75) is 13.0 Å². The molecule has 0 aliphatic rings. The third kappa shape index (κ3) is 4.82. The van der Waals surface area contributed by atoms with Crippen LogP contribution in [0.2, 0.25) is 0 Å². The number of thiazole rings is 1. The fourth-order valence-corrected chi connectivity index (χ4v) is 3.42. The van der Waals surface area contributed by atoms with Crippen LogP contribution in [0.25, 0.3) is 11.3 Å². The minimum atomic E-state index is -0.663. The first-order chi connectivity index (χ1) is 13.5. The molecule has 0 fully saturated rings. The third-order valence-corrected chi connectivity index (χ3v) is 5.20. The van der Waals surface area contributed by atoms with Crippen molar-refractivity contribution in [1.82, 2.24) is 4.98 Å². The van der Waals surface area contributed by atoms with Crippen molar-refractivity contribution in [1.29, 1.82) is 0 Å². The number of carbonyl (C=O) groups excluding carboxylic acids is 1. The number of anilines is 1. The van der Waals surface area contributed by atoms with Crippen LogP contribution in [-0.2, 0) is 4.79 Å². The minimum absolute atomic E-state index is 0.273. The molecule has 2 aromatic carbocycles. The van der Waals surface area contributed by atoms with Gasteiger partial charge in [-0.25, -0.2) is 4.98 Å². The lowest BCUT2D eigenvalue weighted by molar-refractivity contribution is -0.122. The van der Waals surface area contributed by atoms with Crippen LogP contribution in [0.15, 0.2) is 52.3 Å². The van der Waals surface area contributed by atoms with Gasteiger partial charge in [0.05, 0.1) is 19.9 Å². The van der Waals surface area contributed by atoms with Gasteiger partial charge in [0.15, 0.2) is 11.2 Å². The Morgan fingerprint density at radius 3 is 2.50 bits per heavy atom. The average molecular weight is 463 g/mol. The first-order valence-electron chi connectivity index (χ1n) is 8.41. The Morgan fingerprint density at radius 1 is 1.11 bits per heavy atom. The molecule has 3 aromatic rings. The maximum Gasteiger partial charge on any atom is 0.266 e. The Hall–Kier alpha value is -2.58. The number of benzene rings is 2. The summed E-state index contributed by atoms with van der Waals surface area (Å²) in [5.74, 6) is 1.69. The zero-order chi connectivity index (χ0) is 20.1. The number of ether oxygens (including phenoxy) is 3. The van der Waals surface area contributed by atoms with Gasteiger partial charge in [-0.05, 0) is 43.3 Å². The number of nitrogens with zero attached hydrogens (tertiary/aromatic N) is 1. The number of halogens is 1. The predicted octanol–water partition coefficient (Wildman–Crippen LogP) is 5.00. The van der Waals surface area contributed by atoms with E-state index in [1.807, 2.05) is 29.6 Å². The molecular formula is C20H19BrN2O4S. The third-order valence-electron chi connectivity index (χ3n) is 3.91. The molecule has 28 heavy (non-hydrogen) atoms. The predicted molar refractivity (Wildman–Crippen MR) is 114 cm³/mol. The summed E-state index contributed by atoms with van der Waals surface area (Å²) in [5, 5.41) is 5.14. The number of carbonyl (C=O) groups is 1. The molecule has 0 saturated carbocycles. The van der Waals surface area contributed by atoms with Crippen LogP contribution in [0.3, 0.4) is 0 Å². The minimum Gasteiger partial charge on any atom is -0.497 e. The van der Waals surface area contributed by atoms with Gasteiger partial charge >= 0.3 is 0 Å². The molecule has 0 bridgehead atoms. The molecule has 0 saturated heterocycles. The van der Waals surface area contributed by atoms with Gasteiger partial charge in [0.25, 0.3) is 5.91 Å². The Labute approximate surface area is 175 Å². The molecule has 0 spiro atoms. The SMILES string of the molecule is COc1ccc(-c2csc(NC(=O)C(C)Oc3ccc(Br)cc3)n2)c(OC)c1. The lowest BCUT2D eigenvalue weighted by Crippen LogP contribution is -2.30. The summed E-state index contributed by atoms with van der Waals surface area (Å²) >= 11 is 4.70. The largest absolute Gasteiger partial charge is 0.497 e. The molecule has 1 atom stereocenters. The number of methoxy groups -OCH3 is 2. The summed E-state index contributed by atoms with van der Waals surface area (Å²) in [6.07, 6.45) is -0.663. The highest BCUT2D eigenvalue weighted by molar-refractivity contribution is 9.10. The Bertz CT molecular complexity index is 959. The summed E-state index contributed by atoms with van der Waals surface area (Å²) in [5.41, 5.74) is 1.53. The second-order valence-electron chi connectivity index (χ2n) is 5.81. The van der Waals surface area contributed by atoms with Crippen LogP contribution in [0, 0.1) is 0 Å². The molecule has 6 nitrogen and oxygen atoms in total. The van der Waals surface area contributed by atoms with Crippen LogP contribution in [0.4, 0.5) is 5.13 Å². The van der Waals surface area contributed by atoms with Gasteiger partial charge in [-0.15, -0.1) is 11.3 Å². The zero-order valence-electron chi connectivity index (χ0n) is 15.6. The Balaban J connectivity index is 1.68. The fraction of sp³-hybridized carbons (Fsp3) is 0.200. The van der Waals surface area contributed by atoms with Gasteiger partial charge in [-0.3, -0.25) is 10.1 Å². The molecular weight excluding hydrogens is 444 g/mol. The first-order valence-corrected chi connectivity index (χ1v) is 10.1. The highest BCUT2D eigenvalue weighted by Gasteiger charge is 2.18. The molecule has 1 heterocycles. The van der Waals surface area contributed by atoms with Crippen molar-refractivity contribution in [3.8, 4) is 28.5 Å². The van der Waals surface area contributed by atoms with Crippen LogP contribution in [-0.4, -0.2) is 31.2 Å². The smallest absolute Gasteiger partial charge is 0.266 e. The monoisotopic (exact) mass is 462 g/mol. The molecule has 1 aromatic heterocycles. The molecule has 8 heteroatoms. The molecule has 0 radical (unpaired) electrons. The van der Waals surface area contributed by atoms with Crippen LogP contribution in [0.1, 0.15) is 6.92 Å². The molecule has 3 rings (SSSR count). The van der Waals surface area contributed by atoms with Crippen LogP contribution < -0.4 is 19.5 Å². The second-order valence-corrected chi connectivity index (χ2v) is 7.58.